The Morgan fingerprint density at radius 1 is 1.48 bits per heavy atom. The average Bonchev–Trinajstić information content (AvgIpc) is 2.98. The molecule has 0 bridgehead atoms. The number of ether oxygens (including phenoxy) is 2. The van der Waals surface area contributed by atoms with E-state index in [-0.39, 0.29) is 12.1 Å². The molecule has 2 unspecified atom stereocenters. The minimum absolute atomic E-state index is 0.245. The van der Waals surface area contributed by atoms with Crippen molar-refractivity contribution in [2.24, 2.45) is 4.99 Å². The Balaban J connectivity index is 2.21. The topological polar surface area (TPSA) is 54.9 Å². The van der Waals surface area contributed by atoms with Gasteiger partial charge in [0.25, 0.3) is 0 Å². The largest absolute Gasteiger partial charge is 0.379 e. The SMILES string of the molecule is CCNC(=NCCCCSC)NC(C)COC1CCOC1. The Morgan fingerprint density at radius 3 is 3.00 bits per heavy atom. The minimum atomic E-state index is 0.245. The van der Waals surface area contributed by atoms with Crippen molar-refractivity contribution < 1.29 is 9.47 Å². The van der Waals surface area contributed by atoms with Gasteiger partial charge in [-0.1, -0.05) is 0 Å². The van der Waals surface area contributed by atoms with Crippen LogP contribution < -0.4 is 10.6 Å². The molecule has 0 aromatic rings. The summed E-state index contributed by atoms with van der Waals surface area (Å²) in [5.74, 6) is 2.10. The van der Waals surface area contributed by atoms with Gasteiger partial charge in [-0.05, 0) is 45.1 Å². The monoisotopic (exact) mass is 317 g/mol. The molecule has 0 radical (unpaired) electrons. The van der Waals surface area contributed by atoms with Gasteiger partial charge >= 0.3 is 0 Å². The van der Waals surface area contributed by atoms with Crippen molar-refractivity contribution in [3.8, 4) is 0 Å². The van der Waals surface area contributed by atoms with Crippen LogP contribution in [0.3, 0.4) is 0 Å². The molecule has 1 aliphatic heterocycles. The molecule has 0 saturated carbocycles. The zero-order valence-electron chi connectivity index (χ0n) is 13.7. The molecule has 124 valence electrons. The third-order valence-electron chi connectivity index (χ3n) is 3.22. The lowest BCUT2D eigenvalue weighted by atomic mass is 10.3. The molecule has 0 amide bonds. The maximum Gasteiger partial charge on any atom is 0.191 e. The summed E-state index contributed by atoms with van der Waals surface area (Å²) in [7, 11) is 0. The van der Waals surface area contributed by atoms with Gasteiger partial charge in [0, 0.05) is 25.7 Å². The van der Waals surface area contributed by atoms with Crippen molar-refractivity contribution in [3.63, 3.8) is 0 Å². The zero-order chi connectivity index (χ0) is 15.3. The number of unbranched alkanes of at least 4 members (excludes halogenated alkanes) is 1. The summed E-state index contributed by atoms with van der Waals surface area (Å²) < 4.78 is 11.1. The Kier molecular flexibility index (Phi) is 10.7. The minimum Gasteiger partial charge on any atom is -0.379 e. The van der Waals surface area contributed by atoms with Gasteiger partial charge in [0.15, 0.2) is 5.96 Å². The number of rotatable bonds is 10. The lowest BCUT2D eigenvalue weighted by Gasteiger charge is -2.19. The van der Waals surface area contributed by atoms with E-state index in [1.165, 1.54) is 12.2 Å². The second-order valence-corrected chi connectivity index (χ2v) is 6.31. The van der Waals surface area contributed by atoms with Crippen LogP contribution in [-0.4, -0.2) is 63.0 Å². The van der Waals surface area contributed by atoms with E-state index in [1.807, 2.05) is 11.8 Å². The average molecular weight is 317 g/mol. The second kappa shape index (κ2) is 12.1. The maximum absolute atomic E-state index is 5.83. The van der Waals surface area contributed by atoms with E-state index >= 15 is 0 Å². The Hall–Kier alpha value is -0.460. The third-order valence-corrected chi connectivity index (χ3v) is 3.92. The first-order valence-corrected chi connectivity index (χ1v) is 9.38. The van der Waals surface area contributed by atoms with Gasteiger partial charge in [-0.2, -0.15) is 11.8 Å². The van der Waals surface area contributed by atoms with Gasteiger partial charge < -0.3 is 20.1 Å². The van der Waals surface area contributed by atoms with Crippen LogP contribution in [0.15, 0.2) is 4.99 Å². The van der Waals surface area contributed by atoms with Crippen LogP contribution >= 0.6 is 11.8 Å². The van der Waals surface area contributed by atoms with Crippen LogP contribution in [0.25, 0.3) is 0 Å². The zero-order valence-corrected chi connectivity index (χ0v) is 14.5. The van der Waals surface area contributed by atoms with E-state index in [9.17, 15) is 0 Å². The lowest BCUT2D eigenvalue weighted by molar-refractivity contribution is 0.0347. The smallest absolute Gasteiger partial charge is 0.191 e. The van der Waals surface area contributed by atoms with E-state index in [0.29, 0.717) is 6.61 Å². The van der Waals surface area contributed by atoms with Gasteiger partial charge in [0.05, 0.1) is 19.3 Å². The van der Waals surface area contributed by atoms with Crippen molar-refractivity contribution in [3.05, 3.63) is 0 Å². The van der Waals surface area contributed by atoms with Gasteiger partial charge in [-0.25, -0.2) is 0 Å². The first-order valence-electron chi connectivity index (χ1n) is 7.99. The van der Waals surface area contributed by atoms with Crippen LogP contribution in [0, 0.1) is 0 Å². The highest BCUT2D eigenvalue weighted by molar-refractivity contribution is 7.98. The lowest BCUT2D eigenvalue weighted by Crippen LogP contribution is -2.44. The summed E-state index contributed by atoms with van der Waals surface area (Å²) in [5.41, 5.74) is 0. The maximum atomic E-state index is 5.83. The molecule has 2 atom stereocenters. The van der Waals surface area contributed by atoms with Gasteiger partial charge in [-0.3, -0.25) is 4.99 Å². The molecule has 1 heterocycles. The molecular weight excluding hydrogens is 286 g/mol. The molecule has 21 heavy (non-hydrogen) atoms. The summed E-state index contributed by atoms with van der Waals surface area (Å²) in [4.78, 5) is 4.61. The van der Waals surface area contributed by atoms with Gasteiger partial charge in [0.2, 0.25) is 0 Å². The van der Waals surface area contributed by atoms with Gasteiger partial charge in [-0.15, -0.1) is 0 Å². The van der Waals surface area contributed by atoms with Crippen LogP contribution in [0.5, 0.6) is 0 Å². The molecular formula is C15H31N3O2S. The number of aliphatic imine (C=N–C) groups is 1. The molecule has 1 fully saturated rings. The van der Waals surface area contributed by atoms with Crippen molar-refractivity contribution in [2.75, 3.05) is 44.9 Å². The number of hydrogen-bond acceptors (Lipinski definition) is 4. The van der Waals surface area contributed by atoms with Crippen LogP contribution in [-0.2, 0) is 9.47 Å². The van der Waals surface area contributed by atoms with E-state index in [0.717, 1.165) is 45.1 Å². The first kappa shape index (κ1) is 18.6. The number of thioether (sulfide) groups is 1. The summed E-state index contributed by atoms with van der Waals surface area (Å²) in [6.07, 6.45) is 5.79. The summed E-state index contributed by atoms with van der Waals surface area (Å²) >= 11 is 1.89. The molecule has 0 aromatic carbocycles. The fraction of sp³-hybridized carbons (Fsp3) is 0.933. The highest BCUT2D eigenvalue weighted by Gasteiger charge is 2.17. The first-order chi connectivity index (χ1) is 10.3. The molecule has 6 heteroatoms. The van der Waals surface area contributed by atoms with Crippen LogP contribution in [0.1, 0.15) is 33.1 Å². The summed E-state index contributed by atoms with van der Waals surface area (Å²) in [6.45, 7) is 8.20. The van der Waals surface area contributed by atoms with Gasteiger partial charge in [0.1, 0.15) is 0 Å². The number of guanidine groups is 1. The van der Waals surface area contributed by atoms with Crippen molar-refractivity contribution >= 4 is 17.7 Å². The second-order valence-electron chi connectivity index (χ2n) is 5.32. The predicted octanol–water partition coefficient (Wildman–Crippen LogP) is 1.88. The Labute approximate surface area is 133 Å². The van der Waals surface area contributed by atoms with Crippen molar-refractivity contribution in [1.82, 2.24) is 10.6 Å². The fourth-order valence-corrected chi connectivity index (χ4v) is 2.56. The normalized spacial score (nSPS) is 20.5. The van der Waals surface area contributed by atoms with E-state index in [4.69, 9.17) is 9.47 Å². The standard InChI is InChI=1S/C15H31N3O2S/c1-4-16-15(17-8-5-6-10-21-3)18-13(2)11-20-14-7-9-19-12-14/h13-14H,4-12H2,1-3H3,(H2,16,17,18). The Morgan fingerprint density at radius 2 is 2.33 bits per heavy atom. The molecule has 0 aromatic heterocycles. The molecule has 0 spiro atoms. The molecule has 2 N–H and O–H groups in total. The number of hydrogen-bond donors (Lipinski definition) is 2. The van der Waals surface area contributed by atoms with E-state index < -0.39 is 0 Å². The van der Waals surface area contributed by atoms with Crippen molar-refractivity contribution in [1.29, 1.82) is 0 Å². The highest BCUT2D eigenvalue weighted by Crippen LogP contribution is 2.08. The quantitative estimate of drug-likeness (QED) is 0.366. The molecule has 1 rings (SSSR count). The van der Waals surface area contributed by atoms with E-state index in [2.05, 4.69) is 35.7 Å². The Bertz CT molecular complexity index is 284. The van der Waals surface area contributed by atoms with Crippen LogP contribution in [0.4, 0.5) is 0 Å². The molecule has 0 aliphatic carbocycles. The summed E-state index contributed by atoms with van der Waals surface area (Å²) in [6, 6.07) is 0.245. The molecule has 1 saturated heterocycles. The van der Waals surface area contributed by atoms with Crippen molar-refractivity contribution in [2.45, 2.75) is 45.3 Å². The third kappa shape index (κ3) is 9.22. The highest BCUT2D eigenvalue weighted by atomic mass is 32.2. The predicted molar refractivity (Wildman–Crippen MR) is 91.4 cm³/mol. The van der Waals surface area contributed by atoms with Crippen LogP contribution in [0.2, 0.25) is 0 Å². The van der Waals surface area contributed by atoms with E-state index in [1.54, 1.807) is 0 Å². The fourth-order valence-electron chi connectivity index (χ4n) is 2.07. The number of nitrogens with one attached hydrogen (secondary N) is 2. The molecule has 5 nitrogen and oxygen atoms in total. The number of nitrogens with zero attached hydrogens (tertiary/aromatic N) is 1. The molecule has 1 aliphatic rings. The summed E-state index contributed by atoms with van der Waals surface area (Å²) in [5, 5.41) is 6.69.